The highest BCUT2D eigenvalue weighted by Crippen LogP contribution is 2.53. The average molecular weight is 212 g/mol. The zero-order valence-corrected chi connectivity index (χ0v) is 9.83. The van der Waals surface area contributed by atoms with Crippen LogP contribution in [-0.4, -0.2) is 10.00 Å². The largest absolute Gasteiger partial charge is 0.0895 e. The van der Waals surface area contributed by atoms with E-state index in [2.05, 4.69) is 59.7 Å². The number of hydrogen-bond acceptors (Lipinski definition) is 2. The molecule has 0 aromatic rings. The summed E-state index contributed by atoms with van der Waals surface area (Å²) in [5.74, 6) is 0.782. The van der Waals surface area contributed by atoms with Gasteiger partial charge in [0, 0.05) is 10.00 Å². The topological polar surface area (TPSA) is 0 Å². The second-order valence-corrected chi connectivity index (χ2v) is 7.54. The van der Waals surface area contributed by atoms with Crippen LogP contribution in [0.5, 0.6) is 0 Å². The third kappa shape index (κ3) is 2.35. The van der Waals surface area contributed by atoms with Crippen molar-refractivity contribution < 1.29 is 0 Å². The second-order valence-electron chi connectivity index (χ2n) is 4.39. The molecular weight excluding hydrogens is 196 g/mol. The number of rotatable bonds is 1. The van der Waals surface area contributed by atoms with Crippen LogP contribution in [0.3, 0.4) is 0 Å². The predicted molar refractivity (Wildman–Crippen MR) is 64.1 cm³/mol. The van der Waals surface area contributed by atoms with Gasteiger partial charge in [0.15, 0.2) is 0 Å². The SMILES string of the molecule is CC1(C)C[C@H](C2C=CC=CC2)SS1. The van der Waals surface area contributed by atoms with E-state index >= 15 is 0 Å². The molecule has 0 saturated carbocycles. The highest BCUT2D eigenvalue weighted by molar-refractivity contribution is 8.77. The molecule has 1 heterocycles. The lowest BCUT2D eigenvalue weighted by atomic mass is 9.91. The summed E-state index contributed by atoms with van der Waals surface area (Å²) >= 11 is 0. The Morgan fingerprint density at radius 3 is 2.69 bits per heavy atom. The molecule has 1 unspecified atom stereocenters. The third-order valence-electron chi connectivity index (χ3n) is 2.58. The molecule has 0 aromatic carbocycles. The quantitative estimate of drug-likeness (QED) is 0.601. The summed E-state index contributed by atoms with van der Waals surface area (Å²) in [5.41, 5.74) is 0. The minimum Gasteiger partial charge on any atom is -0.0895 e. The molecule has 2 aliphatic rings. The Morgan fingerprint density at radius 2 is 2.15 bits per heavy atom. The highest BCUT2D eigenvalue weighted by atomic mass is 33.1. The van der Waals surface area contributed by atoms with E-state index in [1.807, 2.05) is 0 Å². The zero-order valence-electron chi connectivity index (χ0n) is 8.19. The van der Waals surface area contributed by atoms with Gasteiger partial charge >= 0.3 is 0 Å². The van der Waals surface area contributed by atoms with Gasteiger partial charge in [-0.2, -0.15) is 0 Å². The molecular formula is C11H16S2. The molecule has 0 spiro atoms. The summed E-state index contributed by atoms with van der Waals surface area (Å²) in [5, 5.41) is 0.834. The van der Waals surface area contributed by atoms with E-state index in [1.165, 1.54) is 12.8 Å². The van der Waals surface area contributed by atoms with E-state index in [0.717, 1.165) is 11.2 Å². The van der Waals surface area contributed by atoms with Crippen LogP contribution in [0, 0.1) is 5.92 Å². The first-order valence-electron chi connectivity index (χ1n) is 4.85. The van der Waals surface area contributed by atoms with E-state index in [9.17, 15) is 0 Å². The Bertz CT molecular complexity index is 240. The summed E-state index contributed by atoms with van der Waals surface area (Å²) in [6.07, 6.45) is 11.6. The van der Waals surface area contributed by atoms with Gasteiger partial charge in [-0.05, 0) is 32.6 Å². The van der Waals surface area contributed by atoms with Crippen LogP contribution in [0.4, 0.5) is 0 Å². The molecule has 0 bridgehead atoms. The first kappa shape index (κ1) is 9.72. The van der Waals surface area contributed by atoms with Crippen LogP contribution >= 0.6 is 21.6 Å². The van der Waals surface area contributed by atoms with E-state index in [1.54, 1.807) is 0 Å². The Hall–Kier alpha value is 0.180. The van der Waals surface area contributed by atoms with Crippen molar-refractivity contribution in [2.24, 2.45) is 5.92 Å². The first-order valence-corrected chi connectivity index (χ1v) is 7.06. The van der Waals surface area contributed by atoms with Crippen molar-refractivity contribution in [3.8, 4) is 0 Å². The van der Waals surface area contributed by atoms with Crippen LogP contribution < -0.4 is 0 Å². The van der Waals surface area contributed by atoms with Crippen LogP contribution in [0.1, 0.15) is 26.7 Å². The molecule has 2 rings (SSSR count). The minimum absolute atomic E-state index is 0.490. The zero-order chi connectivity index (χ0) is 9.31. The molecule has 1 aliphatic carbocycles. The fraction of sp³-hybridized carbons (Fsp3) is 0.636. The van der Waals surface area contributed by atoms with Crippen LogP contribution in [0.15, 0.2) is 24.3 Å². The first-order chi connectivity index (χ1) is 6.17. The normalized spacial score (nSPS) is 36.8. The smallest absolute Gasteiger partial charge is 0.0230 e. The van der Waals surface area contributed by atoms with Crippen molar-refractivity contribution in [1.82, 2.24) is 0 Å². The molecule has 72 valence electrons. The van der Waals surface area contributed by atoms with Gasteiger partial charge in [-0.15, -0.1) is 0 Å². The van der Waals surface area contributed by atoms with Crippen LogP contribution in [-0.2, 0) is 0 Å². The summed E-state index contributed by atoms with van der Waals surface area (Å²) < 4.78 is 0.490. The molecule has 1 saturated heterocycles. The predicted octanol–water partition coefficient (Wildman–Crippen LogP) is 4.05. The molecule has 1 fully saturated rings. The van der Waals surface area contributed by atoms with Crippen molar-refractivity contribution in [1.29, 1.82) is 0 Å². The molecule has 0 aromatic heterocycles. The van der Waals surface area contributed by atoms with Crippen LogP contribution in [0.25, 0.3) is 0 Å². The Labute approximate surface area is 88.6 Å². The van der Waals surface area contributed by atoms with Gasteiger partial charge in [-0.1, -0.05) is 45.9 Å². The maximum Gasteiger partial charge on any atom is 0.0230 e. The lowest BCUT2D eigenvalue weighted by Crippen LogP contribution is -2.19. The summed E-state index contributed by atoms with van der Waals surface area (Å²) in [4.78, 5) is 0. The van der Waals surface area contributed by atoms with Crippen molar-refractivity contribution in [3.63, 3.8) is 0 Å². The molecule has 0 amide bonds. The molecule has 13 heavy (non-hydrogen) atoms. The molecule has 0 radical (unpaired) electrons. The summed E-state index contributed by atoms with van der Waals surface area (Å²) in [7, 11) is 4.15. The molecule has 0 nitrogen and oxygen atoms in total. The van der Waals surface area contributed by atoms with Gasteiger partial charge in [0.05, 0.1) is 0 Å². The summed E-state index contributed by atoms with van der Waals surface area (Å²) in [6, 6.07) is 0. The molecule has 2 heteroatoms. The lowest BCUT2D eigenvalue weighted by Gasteiger charge is -2.20. The van der Waals surface area contributed by atoms with E-state index < -0.39 is 0 Å². The minimum atomic E-state index is 0.490. The fourth-order valence-electron chi connectivity index (χ4n) is 1.84. The van der Waals surface area contributed by atoms with Gasteiger partial charge < -0.3 is 0 Å². The van der Waals surface area contributed by atoms with Gasteiger partial charge in [0.2, 0.25) is 0 Å². The highest BCUT2D eigenvalue weighted by Gasteiger charge is 2.36. The van der Waals surface area contributed by atoms with Crippen molar-refractivity contribution in [2.45, 2.75) is 36.7 Å². The maximum atomic E-state index is 2.37. The molecule has 0 N–H and O–H groups in total. The van der Waals surface area contributed by atoms with Crippen molar-refractivity contribution in [3.05, 3.63) is 24.3 Å². The van der Waals surface area contributed by atoms with E-state index in [4.69, 9.17) is 0 Å². The summed E-state index contributed by atoms with van der Waals surface area (Å²) in [6.45, 7) is 4.71. The molecule has 1 aliphatic heterocycles. The monoisotopic (exact) mass is 212 g/mol. The molecule has 2 atom stereocenters. The Balaban J connectivity index is 1.96. The second kappa shape index (κ2) is 3.74. The van der Waals surface area contributed by atoms with Gasteiger partial charge in [0.25, 0.3) is 0 Å². The van der Waals surface area contributed by atoms with Gasteiger partial charge in [0.1, 0.15) is 0 Å². The van der Waals surface area contributed by atoms with E-state index in [0.29, 0.717) is 4.75 Å². The van der Waals surface area contributed by atoms with Crippen LogP contribution in [0.2, 0.25) is 0 Å². The van der Waals surface area contributed by atoms with Gasteiger partial charge in [-0.25, -0.2) is 0 Å². The standard InChI is InChI=1S/C11H16S2/c1-11(2)8-10(12-13-11)9-6-4-3-5-7-9/h3-6,9-10H,7-8H2,1-2H3/t9?,10-/m1/s1. The Kier molecular flexibility index (Phi) is 2.80. The van der Waals surface area contributed by atoms with Gasteiger partial charge in [-0.3, -0.25) is 0 Å². The average Bonchev–Trinajstić information content (AvgIpc) is 2.48. The third-order valence-corrected chi connectivity index (χ3v) is 6.44. The van der Waals surface area contributed by atoms with Crippen molar-refractivity contribution >= 4 is 21.6 Å². The Morgan fingerprint density at radius 1 is 1.31 bits per heavy atom. The number of hydrogen-bond donors (Lipinski definition) is 0. The fourth-order valence-corrected chi connectivity index (χ4v) is 5.40. The lowest BCUT2D eigenvalue weighted by molar-refractivity contribution is 0.534. The maximum absolute atomic E-state index is 2.37. The van der Waals surface area contributed by atoms with Crippen molar-refractivity contribution in [2.75, 3.05) is 0 Å². The van der Waals surface area contributed by atoms with E-state index in [-0.39, 0.29) is 0 Å². The number of allylic oxidation sites excluding steroid dienone is 4.